The molecular weight excluding hydrogens is 273 g/mol. The summed E-state index contributed by atoms with van der Waals surface area (Å²) in [5, 5.41) is 13.4. The highest BCUT2D eigenvalue weighted by Gasteiger charge is 2.15. The van der Waals surface area contributed by atoms with Crippen LogP contribution in [0.3, 0.4) is 0 Å². The minimum absolute atomic E-state index is 0.213. The van der Waals surface area contributed by atoms with E-state index in [0.29, 0.717) is 18.5 Å². The van der Waals surface area contributed by atoms with E-state index in [4.69, 9.17) is 0 Å². The average Bonchev–Trinajstić information content (AvgIpc) is 3.11. The van der Waals surface area contributed by atoms with Crippen LogP contribution in [-0.4, -0.2) is 38.9 Å². The first-order valence-electron chi connectivity index (χ1n) is 6.96. The van der Waals surface area contributed by atoms with Gasteiger partial charge in [0.2, 0.25) is 5.95 Å². The largest absolute Gasteiger partial charge is 0.366 e. The molecule has 0 amide bonds. The van der Waals surface area contributed by atoms with Gasteiger partial charge in [0.05, 0.1) is 18.1 Å². The summed E-state index contributed by atoms with van der Waals surface area (Å²) in [4.78, 5) is 8.10. The van der Waals surface area contributed by atoms with Gasteiger partial charge in [-0.1, -0.05) is 0 Å². The van der Waals surface area contributed by atoms with Gasteiger partial charge in [0.25, 0.3) is 0 Å². The van der Waals surface area contributed by atoms with Gasteiger partial charge in [-0.2, -0.15) is 10.1 Å². The monoisotopic (exact) mass is 291 g/mol. The van der Waals surface area contributed by atoms with Crippen LogP contribution in [-0.2, 0) is 7.05 Å². The van der Waals surface area contributed by atoms with Crippen molar-refractivity contribution in [2.75, 3.05) is 23.7 Å². The van der Waals surface area contributed by atoms with E-state index in [9.17, 15) is 4.39 Å². The number of nitrogens with one attached hydrogen (secondary N) is 3. The molecule has 0 unspecified atom stereocenters. The first kappa shape index (κ1) is 13.7. The van der Waals surface area contributed by atoms with Crippen LogP contribution in [0.1, 0.15) is 12.8 Å². The number of halogens is 1. The lowest BCUT2D eigenvalue weighted by Crippen LogP contribution is -2.29. The van der Waals surface area contributed by atoms with Crippen LogP contribution in [0.25, 0.3) is 0 Å². The quantitative estimate of drug-likeness (QED) is 0.769. The van der Waals surface area contributed by atoms with Gasteiger partial charge >= 0.3 is 0 Å². The van der Waals surface area contributed by atoms with Crippen LogP contribution >= 0.6 is 0 Å². The van der Waals surface area contributed by atoms with E-state index in [1.54, 1.807) is 17.1 Å². The second-order valence-corrected chi connectivity index (χ2v) is 5.09. The molecule has 1 aliphatic heterocycles. The molecule has 7 nitrogen and oxygen atoms in total. The molecule has 0 aromatic carbocycles. The van der Waals surface area contributed by atoms with E-state index >= 15 is 0 Å². The van der Waals surface area contributed by atoms with Crippen molar-refractivity contribution >= 4 is 17.5 Å². The lowest BCUT2D eigenvalue weighted by molar-refractivity contribution is 0.604. The second-order valence-electron chi connectivity index (χ2n) is 5.09. The summed E-state index contributed by atoms with van der Waals surface area (Å²) in [6, 6.07) is 0.370. The van der Waals surface area contributed by atoms with Gasteiger partial charge in [0.15, 0.2) is 11.6 Å². The average molecular weight is 291 g/mol. The van der Waals surface area contributed by atoms with Crippen molar-refractivity contribution in [1.29, 1.82) is 0 Å². The zero-order valence-corrected chi connectivity index (χ0v) is 11.8. The maximum absolute atomic E-state index is 13.7. The van der Waals surface area contributed by atoms with Gasteiger partial charge in [-0.05, 0) is 19.4 Å². The van der Waals surface area contributed by atoms with Gasteiger partial charge in [-0.15, -0.1) is 0 Å². The third-order valence-corrected chi connectivity index (χ3v) is 3.38. The number of hydrogen-bond acceptors (Lipinski definition) is 6. The van der Waals surface area contributed by atoms with Crippen molar-refractivity contribution in [3.05, 3.63) is 24.4 Å². The summed E-state index contributed by atoms with van der Waals surface area (Å²) in [5.41, 5.74) is 0.757. The van der Waals surface area contributed by atoms with Gasteiger partial charge in [-0.3, -0.25) is 4.68 Å². The first-order chi connectivity index (χ1) is 10.2. The molecule has 0 bridgehead atoms. The van der Waals surface area contributed by atoms with Crippen molar-refractivity contribution in [2.24, 2.45) is 7.05 Å². The summed E-state index contributed by atoms with van der Waals surface area (Å²) in [7, 11) is 1.82. The Morgan fingerprint density at radius 3 is 3.10 bits per heavy atom. The second kappa shape index (κ2) is 6.04. The Hall–Kier alpha value is -2.22. The molecule has 3 rings (SSSR count). The highest BCUT2D eigenvalue weighted by molar-refractivity contribution is 5.52. The lowest BCUT2D eigenvalue weighted by atomic mass is 10.2. The molecule has 0 spiro atoms. The molecule has 21 heavy (non-hydrogen) atoms. The van der Waals surface area contributed by atoms with Gasteiger partial charge in [0, 0.05) is 25.8 Å². The third kappa shape index (κ3) is 3.46. The summed E-state index contributed by atoms with van der Waals surface area (Å²) in [6.07, 6.45) is 6.87. The van der Waals surface area contributed by atoms with E-state index in [-0.39, 0.29) is 5.82 Å². The van der Waals surface area contributed by atoms with Crippen LogP contribution in [0, 0.1) is 5.82 Å². The lowest BCUT2D eigenvalue weighted by Gasteiger charge is -2.13. The molecule has 2 aromatic heterocycles. The third-order valence-electron chi connectivity index (χ3n) is 3.38. The fourth-order valence-electron chi connectivity index (χ4n) is 2.32. The van der Waals surface area contributed by atoms with Crippen LogP contribution in [0.4, 0.5) is 21.8 Å². The molecule has 8 heteroatoms. The highest BCUT2D eigenvalue weighted by atomic mass is 19.1. The number of hydrogen-bond donors (Lipinski definition) is 3. The molecule has 0 saturated carbocycles. The molecule has 0 aliphatic carbocycles. The standard InChI is InChI=1S/C13H18FN7/c1-21-8-10(6-18-21)19-13-17-7-11(14)12(20-13)16-5-9-3-2-4-15-9/h6-9,15H,2-5H2,1H3,(H2,16,17,19,20)/t9-/m0/s1. The summed E-state index contributed by atoms with van der Waals surface area (Å²) < 4.78 is 15.4. The van der Waals surface area contributed by atoms with Crippen molar-refractivity contribution in [3.8, 4) is 0 Å². The summed E-state index contributed by atoms with van der Waals surface area (Å²) >= 11 is 0. The fraction of sp³-hybridized carbons (Fsp3) is 0.462. The number of rotatable bonds is 5. The summed E-state index contributed by atoms with van der Waals surface area (Å²) in [5.74, 6) is 0.0982. The Morgan fingerprint density at radius 1 is 1.48 bits per heavy atom. The van der Waals surface area contributed by atoms with E-state index in [0.717, 1.165) is 31.3 Å². The predicted octanol–water partition coefficient (Wildman–Crippen LogP) is 1.26. The van der Waals surface area contributed by atoms with Gasteiger partial charge in [0.1, 0.15) is 0 Å². The molecule has 1 aliphatic rings. The van der Waals surface area contributed by atoms with Crippen molar-refractivity contribution < 1.29 is 4.39 Å². The predicted molar refractivity (Wildman–Crippen MR) is 78.0 cm³/mol. The SMILES string of the molecule is Cn1cc(Nc2ncc(F)c(NC[C@@H]3CCCN3)n2)cn1. The van der Waals surface area contributed by atoms with Crippen LogP contribution < -0.4 is 16.0 Å². The van der Waals surface area contributed by atoms with Gasteiger partial charge < -0.3 is 16.0 Å². The number of aromatic nitrogens is 4. The molecule has 112 valence electrons. The number of anilines is 3. The molecule has 1 fully saturated rings. The summed E-state index contributed by atoms with van der Waals surface area (Å²) in [6.45, 7) is 1.67. The van der Waals surface area contributed by atoms with E-state index in [1.807, 2.05) is 7.05 Å². The van der Waals surface area contributed by atoms with E-state index < -0.39 is 5.82 Å². The highest BCUT2D eigenvalue weighted by Crippen LogP contribution is 2.16. The van der Waals surface area contributed by atoms with Crippen molar-refractivity contribution in [3.63, 3.8) is 0 Å². The van der Waals surface area contributed by atoms with Crippen LogP contribution in [0.15, 0.2) is 18.6 Å². The maximum atomic E-state index is 13.7. The number of aryl methyl sites for hydroxylation is 1. The molecule has 1 atom stereocenters. The molecular formula is C13H18FN7. The Kier molecular flexibility index (Phi) is 3.96. The normalized spacial score (nSPS) is 17.9. The zero-order valence-electron chi connectivity index (χ0n) is 11.8. The van der Waals surface area contributed by atoms with E-state index in [2.05, 4.69) is 31.0 Å². The molecule has 2 aromatic rings. The van der Waals surface area contributed by atoms with E-state index in [1.165, 1.54) is 0 Å². The molecule has 1 saturated heterocycles. The van der Waals surface area contributed by atoms with Gasteiger partial charge in [-0.25, -0.2) is 9.37 Å². The fourth-order valence-corrected chi connectivity index (χ4v) is 2.32. The van der Waals surface area contributed by atoms with Crippen LogP contribution in [0.5, 0.6) is 0 Å². The Morgan fingerprint density at radius 2 is 2.38 bits per heavy atom. The minimum atomic E-state index is -0.454. The molecule has 3 heterocycles. The minimum Gasteiger partial charge on any atom is -0.366 e. The Balaban J connectivity index is 1.66. The maximum Gasteiger partial charge on any atom is 0.229 e. The van der Waals surface area contributed by atoms with Crippen LogP contribution in [0.2, 0.25) is 0 Å². The van der Waals surface area contributed by atoms with Crippen molar-refractivity contribution in [1.82, 2.24) is 25.1 Å². The number of nitrogens with zero attached hydrogens (tertiary/aromatic N) is 4. The topological polar surface area (TPSA) is 79.7 Å². The molecule has 3 N–H and O–H groups in total. The Labute approximate surface area is 122 Å². The van der Waals surface area contributed by atoms with Crippen molar-refractivity contribution in [2.45, 2.75) is 18.9 Å². The smallest absolute Gasteiger partial charge is 0.229 e. The molecule has 0 radical (unpaired) electrons. The Bertz CT molecular complexity index is 606. The zero-order chi connectivity index (χ0) is 14.7. The first-order valence-corrected chi connectivity index (χ1v) is 6.96.